The summed E-state index contributed by atoms with van der Waals surface area (Å²) < 4.78 is 0. The van der Waals surface area contributed by atoms with Crippen LogP contribution in [0.4, 0.5) is 5.82 Å². The average molecular weight is 247 g/mol. The molecule has 2 N–H and O–H groups in total. The molecule has 0 aliphatic rings. The van der Waals surface area contributed by atoms with Gasteiger partial charge in [0, 0.05) is 11.9 Å². The molecule has 2 rings (SSSR count). The van der Waals surface area contributed by atoms with E-state index in [1.54, 1.807) is 41.5 Å². The number of amides is 1. The van der Waals surface area contributed by atoms with Crippen LogP contribution < -0.4 is 5.73 Å². The highest BCUT2D eigenvalue weighted by Crippen LogP contribution is 2.12. The zero-order valence-electron chi connectivity index (χ0n) is 9.46. The Hall–Kier alpha value is -1.88. The van der Waals surface area contributed by atoms with Crippen molar-refractivity contribution >= 4 is 23.1 Å². The highest BCUT2D eigenvalue weighted by Gasteiger charge is 2.13. The fraction of sp³-hybridized carbons (Fsp3) is 0.167. The van der Waals surface area contributed by atoms with Crippen LogP contribution in [0, 0.1) is 0 Å². The zero-order chi connectivity index (χ0) is 12.3. The van der Waals surface area contributed by atoms with Crippen LogP contribution in [0.25, 0.3) is 0 Å². The first-order chi connectivity index (χ1) is 8.16. The fourth-order valence-electron chi connectivity index (χ4n) is 1.47. The molecule has 0 aliphatic heterocycles. The molecule has 0 bridgehead atoms. The van der Waals surface area contributed by atoms with E-state index in [1.807, 2.05) is 17.5 Å². The molecule has 0 fully saturated rings. The first kappa shape index (κ1) is 11.6. The largest absolute Gasteiger partial charge is 0.384 e. The number of anilines is 1. The summed E-state index contributed by atoms with van der Waals surface area (Å²) in [6, 6.07) is 9.03. The SMILES string of the molecule is CN(Cc1cccs1)C(=O)c1cccc(N)n1. The van der Waals surface area contributed by atoms with E-state index in [1.165, 1.54) is 0 Å². The predicted molar refractivity (Wildman–Crippen MR) is 68.8 cm³/mol. The molecule has 0 spiro atoms. The lowest BCUT2D eigenvalue weighted by atomic mass is 10.3. The van der Waals surface area contributed by atoms with Crippen LogP contribution in [0.15, 0.2) is 35.7 Å². The number of hydrogen-bond acceptors (Lipinski definition) is 4. The molecular formula is C12H13N3OS. The van der Waals surface area contributed by atoms with E-state index < -0.39 is 0 Å². The van der Waals surface area contributed by atoms with Crippen molar-refractivity contribution in [3.05, 3.63) is 46.3 Å². The third-order valence-corrected chi connectivity index (χ3v) is 3.17. The molecule has 0 atom stereocenters. The smallest absolute Gasteiger partial charge is 0.272 e. The van der Waals surface area contributed by atoms with Crippen molar-refractivity contribution in [1.29, 1.82) is 0 Å². The minimum Gasteiger partial charge on any atom is -0.384 e. The van der Waals surface area contributed by atoms with Crippen LogP contribution in [0.1, 0.15) is 15.4 Å². The van der Waals surface area contributed by atoms with E-state index in [0.29, 0.717) is 18.1 Å². The number of nitrogens with zero attached hydrogens (tertiary/aromatic N) is 2. The summed E-state index contributed by atoms with van der Waals surface area (Å²) in [5.41, 5.74) is 5.93. The van der Waals surface area contributed by atoms with Crippen LogP contribution in [-0.2, 0) is 6.54 Å². The van der Waals surface area contributed by atoms with Gasteiger partial charge in [0.2, 0.25) is 0 Å². The summed E-state index contributed by atoms with van der Waals surface area (Å²) in [6.45, 7) is 0.590. The number of nitrogens with two attached hydrogens (primary N) is 1. The predicted octanol–water partition coefficient (Wildman–Crippen LogP) is 2.00. The van der Waals surface area contributed by atoms with Crippen LogP contribution in [0.2, 0.25) is 0 Å². The molecule has 5 heteroatoms. The van der Waals surface area contributed by atoms with E-state index in [2.05, 4.69) is 4.98 Å². The number of hydrogen-bond donors (Lipinski definition) is 1. The van der Waals surface area contributed by atoms with E-state index in [9.17, 15) is 4.79 Å². The lowest BCUT2D eigenvalue weighted by molar-refractivity contribution is 0.0781. The maximum atomic E-state index is 12.0. The molecule has 0 aliphatic carbocycles. The van der Waals surface area contributed by atoms with E-state index >= 15 is 0 Å². The molecule has 0 aromatic carbocycles. The Kier molecular flexibility index (Phi) is 3.39. The lowest BCUT2D eigenvalue weighted by Crippen LogP contribution is -2.26. The standard InChI is InChI=1S/C12H13N3OS/c1-15(8-9-4-3-7-17-9)12(16)10-5-2-6-11(13)14-10/h2-7H,8H2,1H3,(H2,13,14). The molecule has 2 heterocycles. The Morgan fingerprint density at radius 2 is 2.24 bits per heavy atom. The Balaban J connectivity index is 2.09. The van der Waals surface area contributed by atoms with Crippen LogP contribution in [0.5, 0.6) is 0 Å². The van der Waals surface area contributed by atoms with Gasteiger partial charge in [-0.05, 0) is 23.6 Å². The van der Waals surface area contributed by atoms with E-state index in [4.69, 9.17) is 5.73 Å². The molecule has 0 unspecified atom stereocenters. The lowest BCUT2D eigenvalue weighted by Gasteiger charge is -2.15. The molecule has 2 aromatic heterocycles. The average Bonchev–Trinajstić information content (AvgIpc) is 2.80. The minimum atomic E-state index is -0.120. The van der Waals surface area contributed by atoms with Gasteiger partial charge in [0.1, 0.15) is 11.5 Å². The first-order valence-electron chi connectivity index (χ1n) is 5.17. The Morgan fingerprint density at radius 3 is 2.88 bits per heavy atom. The molecule has 0 radical (unpaired) electrons. The van der Waals surface area contributed by atoms with Gasteiger partial charge >= 0.3 is 0 Å². The van der Waals surface area contributed by atoms with Crippen molar-refractivity contribution in [1.82, 2.24) is 9.88 Å². The van der Waals surface area contributed by atoms with Crippen molar-refractivity contribution in [2.45, 2.75) is 6.54 Å². The summed E-state index contributed by atoms with van der Waals surface area (Å²) in [5.74, 6) is 0.242. The third kappa shape index (κ3) is 2.82. The van der Waals surface area contributed by atoms with Crippen molar-refractivity contribution < 1.29 is 4.79 Å². The zero-order valence-corrected chi connectivity index (χ0v) is 10.3. The second kappa shape index (κ2) is 4.97. The van der Waals surface area contributed by atoms with Crippen LogP contribution >= 0.6 is 11.3 Å². The number of aromatic nitrogens is 1. The van der Waals surface area contributed by atoms with Gasteiger partial charge < -0.3 is 10.6 Å². The second-order valence-corrected chi connectivity index (χ2v) is 4.72. The topological polar surface area (TPSA) is 59.2 Å². The summed E-state index contributed by atoms with van der Waals surface area (Å²) in [5, 5.41) is 1.99. The Labute approximate surface area is 104 Å². The summed E-state index contributed by atoms with van der Waals surface area (Å²) in [7, 11) is 1.76. The first-order valence-corrected chi connectivity index (χ1v) is 6.05. The maximum absolute atomic E-state index is 12.0. The number of rotatable bonds is 3. The molecule has 1 amide bonds. The number of carbonyl (C=O) groups is 1. The van der Waals surface area contributed by atoms with Gasteiger partial charge in [-0.15, -0.1) is 11.3 Å². The number of thiophene rings is 1. The number of nitrogen functional groups attached to an aromatic ring is 1. The molecule has 0 saturated carbocycles. The van der Waals surface area contributed by atoms with Crippen molar-refractivity contribution in [2.75, 3.05) is 12.8 Å². The highest BCUT2D eigenvalue weighted by atomic mass is 32.1. The number of carbonyl (C=O) groups excluding carboxylic acids is 1. The van der Waals surface area contributed by atoms with Crippen molar-refractivity contribution in [3.63, 3.8) is 0 Å². The molecule has 17 heavy (non-hydrogen) atoms. The summed E-state index contributed by atoms with van der Waals surface area (Å²) in [6.07, 6.45) is 0. The molecule has 2 aromatic rings. The maximum Gasteiger partial charge on any atom is 0.272 e. The second-order valence-electron chi connectivity index (χ2n) is 3.69. The molecule has 0 saturated heterocycles. The highest BCUT2D eigenvalue weighted by molar-refractivity contribution is 7.09. The number of pyridine rings is 1. The van der Waals surface area contributed by atoms with E-state index in [-0.39, 0.29) is 5.91 Å². The van der Waals surface area contributed by atoms with Crippen molar-refractivity contribution in [2.24, 2.45) is 0 Å². The van der Waals surface area contributed by atoms with Crippen LogP contribution in [-0.4, -0.2) is 22.8 Å². The monoisotopic (exact) mass is 247 g/mol. The Morgan fingerprint density at radius 1 is 1.41 bits per heavy atom. The van der Waals surface area contributed by atoms with Gasteiger partial charge in [-0.25, -0.2) is 4.98 Å². The van der Waals surface area contributed by atoms with E-state index in [0.717, 1.165) is 4.88 Å². The summed E-state index contributed by atoms with van der Waals surface area (Å²) in [4.78, 5) is 18.8. The van der Waals surface area contributed by atoms with Gasteiger partial charge in [-0.2, -0.15) is 0 Å². The van der Waals surface area contributed by atoms with Gasteiger partial charge in [0.25, 0.3) is 5.91 Å². The Bertz CT molecular complexity index is 510. The molecular weight excluding hydrogens is 234 g/mol. The molecule has 88 valence electrons. The van der Waals surface area contributed by atoms with Gasteiger partial charge in [0.05, 0.1) is 6.54 Å². The quantitative estimate of drug-likeness (QED) is 0.902. The fourth-order valence-corrected chi connectivity index (χ4v) is 2.23. The third-order valence-electron chi connectivity index (χ3n) is 2.31. The normalized spacial score (nSPS) is 10.2. The van der Waals surface area contributed by atoms with Gasteiger partial charge in [-0.3, -0.25) is 4.79 Å². The van der Waals surface area contributed by atoms with Crippen LogP contribution in [0.3, 0.4) is 0 Å². The van der Waals surface area contributed by atoms with Gasteiger partial charge in [-0.1, -0.05) is 12.1 Å². The van der Waals surface area contributed by atoms with Crippen molar-refractivity contribution in [3.8, 4) is 0 Å². The van der Waals surface area contributed by atoms with Gasteiger partial charge in [0.15, 0.2) is 0 Å². The minimum absolute atomic E-state index is 0.120. The molecule has 4 nitrogen and oxygen atoms in total. The summed E-state index contributed by atoms with van der Waals surface area (Å²) >= 11 is 1.63.